The Labute approximate surface area is 113 Å². The Morgan fingerprint density at radius 3 is 2.50 bits per heavy atom. The fourth-order valence-electron chi connectivity index (χ4n) is 1.85. The van der Waals surface area contributed by atoms with Gasteiger partial charge >= 0.3 is 0 Å². The van der Waals surface area contributed by atoms with Gasteiger partial charge in [-0.15, -0.1) is 0 Å². The average molecular weight is 261 g/mol. The van der Waals surface area contributed by atoms with Crippen LogP contribution in [0.3, 0.4) is 0 Å². The van der Waals surface area contributed by atoms with Crippen molar-refractivity contribution in [2.45, 2.75) is 30.7 Å². The standard InChI is InChI=1S/C15H19NOS/c1-12(2)16-10-9-14(17-3)15(16)18-11-13-7-5-4-6-8-13/h4-10,12H,11H2,1-3H3. The summed E-state index contributed by atoms with van der Waals surface area (Å²) in [6, 6.07) is 13.0. The second-order valence-corrected chi connectivity index (χ2v) is 5.43. The summed E-state index contributed by atoms with van der Waals surface area (Å²) in [7, 11) is 1.73. The molecule has 0 aliphatic carbocycles. The van der Waals surface area contributed by atoms with Crippen molar-refractivity contribution < 1.29 is 4.74 Å². The first-order valence-electron chi connectivity index (χ1n) is 6.14. The molecule has 0 unspecified atom stereocenters. The zero-order valence-corrected chi connectivity index (χ0v) is 11.9. The summed E-state index contributed by atoms with van der Waals surface area (Å²) in [6.07, 6.45) is 2.09. The van der Waals surface area contributed by atoms with Gasteiger partial charge in [-0.3, -0.25) is 0 Å². The molecule has 0 radical (unpaired) electrons. The van der Waals surface area contributed by atoms with Crippen LogP contribution in [0.25, 0.3) is 0 Å². The van der Waals surface area contributed by atoms with Crippen LogP contribution < -0.4 is 4.74 Å². The lowest BCUT2D eigenvalue weighted by Gasteiger charge is -2.13. The van der Waals surface area contributed by atoms with Gasteiger partial charge in [0, 0.05) is 18.0 Å². The van der Waals surface area contributed by atoms with Crippen molar-refractivity contribution >= 4 is 11.8 Å². The Hall–Kier alpha value is -1.35. The van der Waals surface area contributed by atoms with Gasteiger partial charge in [-0.2, -0.15) is 0 Å². The number of aromatic nitrogens is 1. The monoisotopic (exact) mass is 261 g/mol. The van der Waals surface area contributed by atoms with E-state index in [0.29, 0.717) is 6.04 Å². The van der Waals surface area contributed by atoms with E-state index in [2.05, 4.69) is 48.9 Å². The molecule has 0 bridgehead atoms. The normalized spacial score (nSPS) is 10.9. The lowest BCUT2D eigenvalue weighted by Crippen LogP contribution is -2.01. The van der Waals surface area contributed by atoms with Crippen molar-refractivity contribution in [2.24, 2.45) is 0 Å². The molecule has 0 saturated heterocycles. The molecule has 0 aliphatic heterocycles. The molecular formula is C15H19NOS. The summed E-state index contributed by atoms with van der Waals surface area (Å²) >= 11 is 1.82. The number of hydrogen-bond donors (Lipinski definition) is 0. The number of thioether (sulfide) groups is 1. The van der Waals surface area contributed by atoms with E-state index in [0.717, 1.165) is 11.5 Å². The molecule has 1 aromatic heterocycles. The first-order chi connectivity index (χ1) is 8.72. The highest BCUT2D eigenvalue weighted by Gasteiger charge is 2.12. The van der Waals surface area contributed by atoms with E-state index in [1.54, 1.807) is 7.11 Å². The van der Waals surface area contributed by atoms with Gasteiger partial charge in [0.2, 0.25) is 0 Å². The minimum atomic E-state index is 0.451. The van der Waals surface area contributed by atoms with Crippen LogP contribution >= 0.6 is 11.8 Å². The first-order valence-corrected chi connectivity index (χ1v) is 7.12. The maximum atomic E-state index is 5.42. The lowest BCUT2D eigenvalue weighted by molar-refractivity contribution is 0.396. The minimum Gasteiger partial charge on any atom is -0.494 e. The molecule has 2 rings (SSSR count). The number of nitrogens with zero attached hydrogens (tertiary/aromatic N) is 1. The first kappa shape index (κ1) is 13.1. The zero-order chi connectivity index (χ0) is 13.0. The summed E-state index contributed by atoms with van der Waals surface area (Å²) in [4.78, 5) is 0. The second kappa shape index (κ2) is 6.01. The van der Waals surface area contributed by atoms with Crippen molar-refractivity contribution in [1.82, 2.24) is 4.57 Å². The SMILES string of the molecule is COc1ccn(C(C)C)c1SCc1ccccc1. The van der Waals surface area contributed by atoms with E-state index >= 15 is 0 Å². The molecule has 96 valence electrons. The molecule has 2 nitrogen and oxygen atoms in total. The third-order valence-corrected chi connectivity index (χ3v) is 3.99. The van der Waals surface area contributed by atoms with Crippen molar-refractivity contribution in [3.63, 3.8) is 0 Å². The van der Waals surface area contributed by atoms with Crippen LogP contribution in [-0.4, -0.2) is 11.7 Å². The van der Waals surface area contributed by atoms with Crippen molar-refractivity contribution in [3.05, 3.63) is 48.2 Å². The average Bonchev–Trinajstić information content (AvgIpc) is 2.80. The maximum Gasteiger partial charge on any atom is 0.150 e. The van der Waals surface area contributed by atoms with E-state index in [-0.39, 0.29) is 0 Å². The molecule has 0 saturated carbocycles. The van der Waals surface area contributed by atoms with E-state index in [1.165, 1.54) is 10.6 Å². The molecule has 0 atom stereocenters. The van der Waals surface area contributed by atoms with Crippen molar-refractivity contribution in [3.8, 4) is 5.75 Å². The number of benzene rings is 1. The van der Waals surface area contributed by atoms with Crippen LogP contribution in [0.15, 0.2) is 47.6 Å². The number of rotatable bonds is 5. The minimum absolute atomic E-state index is 0.451. The quantitative estimate of drug-likeness (QED) is 0.742. The molecule has 3 heteroatoms. The highest BCUT2D eigenvalue weighted by molar-refractivity contribution is 7.98. The van der Waals surface area contributed by atoms with Gasteiger partial charge in [-0.25, -0.2) is 0 Å². The molecule has 0 spiro atoms. The highest BCUT2D eigenvalue weighted by Crippen LogP contribution is 2.34. The number of methoxy groups -OCH3 is 1. The zero-order valence-electron chi connectivity index (χ0n) is 11.1. The Bertz CT molecular complexity index is 490. The smallest absolute Gasteiger partial charge is 0.150 e. The Kier molecular flexibility index (Phi) is 4.37. The van der Waals surface area contributed by atoms with Gasteiger partial charge in [-0.1, -0.05) is 42.1 Å². The maximum absolute atomic E-state index is 5.42. The summed E-state index contributed by atoms with van der Waals surface area (Å²) in [6.45, 7) is 4.37. The van der Waals surface area contributed by atoms with Crippen LogP contribution in [0, 0.1) is 0 Å². The second-order valence-electron chi connectivity index (χ2n) is 4.46. The third-order valence-electron chi connectivity index (χ3n) is 2.83. The molecule has 1 heterocycles. The van der Waals surface area contributed by atoms with E-state index in [9.17, 15) is 0 Å². The van der Waals surface area contributed by atoms with Crippen molar-refractivity contribution in [2.75, 3.05) is 7.11 Å². The van der Waals surface area contributed by atoms with Crippen LogP contribution in [0.2, 0.25) is 0 Å². The van der Waals surface area contributed by atoms with Crippen LogP contribution in [0.4, 0.5) is 0 Å². The molecule has 0 aliphatic rings. The Balaban J connectivity index is 2.15. The molecule has 0 fully saturated rings. The highest BCUT2D eigenvalue weighted by atomic mass is 32.2. The molecular weight excluding hydrogens is 242 g/mol. The van der Waals surface area contributed by atoms with Gasteiger partial charge < -0.3 is 9.30 Å². The van der Waals surface area contributed by atoms with Gasteiger partial charge in [0.15, 0.2) is 5.75 Å². The third kappa shape index (κ3) is 2.91. The topological polar surface area (TPSA) is 14.2 Å². The summed E-state index contributed by atoms with van der Waals surface area (Å²) < 4.78 is 7.68. The van der Waals surface area contributed by atoms with E-state index < -0.39 is 0 Å². The molecule has 0 N–H and O–H groups in total. The van der Waals surface area contributed by atoms with Gasteiger partial charge in [0.1, 0.15) is 5.03 Å². The fraction of sp³-hybridized carbons (Fsp3) is 0.333. The molecule has 1 aromatic carbocycles. The van der Waals surface area contributed by atoms with Crippen molar-refractivity contribution in [1.29, 1.82) is 0 Å². The van der Waals surface area contributed by atoms with Gasteiger partial charge in [0.05, 0.1) is 7.11 Å². The fourth-order valence-corrected chi connectivity index (χ4v) is 3.06. The summed E-state index contributed by atoms with van der Waals surface area (Å²) in [5.41, 5.74) is 1.33. The van der Waals surface area contributed by atoms with Crippen LogP contribution in [0.5, 0.6) is 5.75 Å². The van der Waals surface area contributed by atoms with E-state index in [1.807, 2.05) is 23.9 Å². The largest absolute Gasteiger partial charge is 0.494 e. The van der Waals surface area contributed by atoms with Gasteiger partial charge in [-0.05, 0) is 25.5 Å². The predicted octanol–water partition coefficient (Wildman–Crippen LogP) is 4.37. The number of hydrogen-bond acceptors (Lipinski definition) is 2. The van der Waals surface area contributed by atoms with Gasteiger partial charge in [0.25, 0.3) is 0 Å². The van der Waals surface area contributed by atoms with Crippen LogP contribution in [-0.2, 0) is 5.75 Å². The van der Waals surface area contributed by atoms with E-state index in [4.69, 9.17) is 4.74 Å². The number of ether oxygens (including phenoxy) is 1. The summed E-state index contributed by atoms with van der Waals surface area (Å²) in [5, 5.41) is 1.20. The molecule has 18 heavy (non-hydrogen) atoms. The lowest BCUT2D eigenvalue weighted by atomic mass is 10.2. The molecule has 0 amide bonds. The summed E-state index contributed by atoms with van der Waals surface area (Å²) in [5.74, 6) is 1.93. The Morgan fingerprint density at radius 2 is 1.89 bits per heavy atom. The Morgan fingerprint density at radius 1 is 1.17 bits per heavy atom. The van der Waals surface area contributed by atoms with Crippen LogP contribution in [0.1, 0.15) is 25.5 Å². The molecule has 2 aromatic rings. The predicted molar refractivity (Wildman–Crippen MR) is 77.4 cm³/mol.